The van der Waals surface area contributed by atoms with Gasteiger partial charge >= 0.3 is 5.97 Å². The number of anilines is 1. The number of ether oxygens (including phenoxy) is 1. The number of carbonyl (C=O) groups is 2. The summed E-state index contributed by atoms with van der Waals surface area (Å²) in [5, 5.41) is 12.1. The van der Waals surface area contributed by atoms with Crippen LogP contribution in [0.3, 0.4) is 0 Å². The Hall–Kier alpha value is -1.79. The summed E-state index contributed by atoms with van der Waals surface area (Å²) in [6.07, 6.45) is 4.50. The third-order valence-corrected chi connectivity index (χ3v) is 4.55. The van der Waals surface area contributed by atoms with Gasteiger partial charge in [0.05, 0.1) is 18.1 Å². The zero-order valence-electron chi connectivity index (χ0n) is 11.4. The molecule has 4 atom stereocenters. The molecule has 21 heavy (non-hydrogen) atoms. The molecule has 5 nitrogen and oxygen atoms in total. The normalized spacial score (nSPS) is 29.6. The molecule has 2 aliphatic heterocycles. The molecule has 1 saturated heterocycles. The second-order valence-corrected chi connectivity index (χ2v) is 5.94. The van der Waals surface area contributed by atoms with E-state index in [4.69, 9.17) is 4.74 Å². The Kier molecular flexibility index (Phi) is 3.73. The molecule has 1 fully saturated rings. The molecule has 2 bridgehead atoms. The maximum Gasteiger partial charge on any atom is 0.310 e. The molecule has 3 rings (SSSR count). The number of thioether (sulfide) groups is 1. The highest BCUT2D eigenvalue weighted by atomic mass is 32.2. The van der Waals surface area contributed by atoms with Crippen molar-refractivity contribution in [1.82, 2.24) is 0 Å². The number of aliphatic carboxylic acids is 1. The zero-order chi connectivity index (χ0) is 15.0. The van der Waals surface area contributed by atoms with Gasteiger partial charge in [0.15, 0.2) is 0 Å². The van der Waals surface area contributed by atoms with Crippen LogP contribution in [0.4, 0.5) is 5.69 Å². The SMILES string of the molecule is CSc1cccc(NC(=O)[C@H]2[C@@H](C(=O)O)[C@H]3C=C[C@@H]2O3)c1. The van der Waals surface area contributed by atoms with Gasteiger partial charge in [-0.2, -0.15) is 0 Å². The molecule has 0 aromatic heterocycles. The Labute approximate surface area is 126 Å². The lowest BCUT2D eigenvalue weighted by molar-refractivity contribution is -0.145. The molecule has 110 valence electrons. The zero-order valence-corrected chi connectivity index (χ0v) is 12.2. The minimum absolute atomic E-state index is 0.308. The molecule has 1 amide bonds. The van der Waals surface area contributed by atoms with E-state index < -0.39 is 30.0 Å². The highest BCUT2D eigenvalue weighted by molar-refractivity contribution is 7.98. The fraction of sp³-hybridized carbons (Fsp3) is 0.333. The molecule has 2 aliphatic rings. The largest absolute Gasteiger partial charge is 0.481 e. The lowest BCUT2D eigenvalue weighted by atomic mass is 9.82. The quantitative estimate of drug-likeness (QED) is 0.657. The lowest BCUT2D eigenvalue weighted by Gasteiger charge is -2.21. The van der Waals surface area contributed by atoms with E-state index in [0.717, 1.165) is 4.90 Å². The fourth-order valence-electron chi connectivity index (χ4n) is 2.84. The third kappa shape index (κ3) is 2.56. The van der Waals surface area contributed by atoms with Crippen LogP contribution in [-0.2, 0) is 14.3 Å². The maximum atomic E-state index is 12.4. The van der Waals surface area contributed by atoms with Crippen LogP contribution in [0.5, 0.6) is 0 Å². The van der Waals surface area contributed by atoms with Crippen molar-refractivity contribution in [2.75, 3.05) is 11.6 Å². The number of carboxylic acids is 1. The predicted octanol–water partition coefficient (Wildman–Crippen LogP) is 2.00. The molecule has 1 aromatic rings. The highest BCUT2D eigenvalue weighted by Crippen LogP contribution is 2.39. The number of fused-ring (bicyclic) bond motifs is 2. The smallest absolute Gasteiger partial charge is 0.310 e. The molecular formula is C15H15NO4S. The predicted molar refractivity (Wildman–Crippen MR) is 79.3 cm³/mol. The summed E-state index contributed by atoms with van der Waals surface area (Å²) in [5.41, 5.74) is 0.669. The summed E-state index contributed by atoms with van der Waals surface area (Å²) in [7, 11) is 0. The monoisotopic (exact) mass is 305 g/mol. The first-order valence-corrected chi connectivity index (χ1v) is 7.84. The molecule has 0 aliphatic carbocycles. The van der Waals surface area contributed by atoms with Crippen molar-refractivity contribution in [3.8, 4) is 0 Å². The summed E-state index contributed by atoms with van der Waals surface area (Å²) in [4.78, 5) is 24.8. The van der Waals surface area contributed by atoms with Crippen molar-refractivity contribution >= 4 is 29.3 Å². The number of carboxylic acid groups (broad SMARTS) is 1. The summed E-state index contributed by atoms with van der Waals surface area (Å²) < 4.78 is 5.51. The minimum atomic E-state index is -0.995. The lowest BCUT2D eigenvalue weighted by Crippen LogP contribution is -2.39. The number of amides is 1. The van der Waals surface area contributed by atoms with Gasteiger partial charge < -0.3 is 15.2 Å². The van der Waals surface area contributed by atoms with Gasteiger partial charge in [0.25, 0.3) is 0 Å². The maximum absolute atomic E-state index is 12.4. The van der Waals surface area contributed by atoms with E-state index in [1.807, 2.05) is 24.5 Å². The van der Waals surface area contributed by atoms with Crippen LogP contribution in [0.2, 0.25) is 0 Å². The van der Waals surface area contributed by atoms with Gasteiger partial charge in [-0.1, -0.05) is 18.2 Å². The van der Waals surface area contributed by atoms with Crippen molar-refractivity contribution in [2.45, 2.75) is 17.1 Å². The molecule has 0 radical (unpaired) electrons. The van der Waals surface area contributed by atoms with Crippen LogP contribution in [0.15, 0.2) is 41.3 Å². The van der Waals surface area contributed by atoms with Crippen molar-refractivity contribution in [1.29, 1.82) is 0 Å². The van der Waals surface area contributed by atoms with Crippen LogP contribution in [0.25, 0.3) is 0 Å². The van der Waals surface area contributed by atoms with Crippen LogP contribution in [0, 0.1) is 11.8 Å². The first-order valence-electron chi connectivity index (χ1n) is 6.61. The van der Waals surface area contributed by atoms with Crippen molar-refractivity contribution in [3.05, 3.63) is 36.4 Å². The molecule has 0 unspecified atom stereocenters. The van der Waals surface area contributed by atoms with E-state index in [1.165, 1.54) is 0 Å². The van der Waals surface area contributed by atoms with E-state index in [2.05, 4.69) is 5.32 Å². The Morgan fingerprint density at radius 3 is 2.62 bits per heavy atom. The van der Waals surface area contributed by atoms with Crippen molar-refractivity contribution in [3.63, 3.8) is 0 Å². The average molecular weight is 305 g/mol. The Bertz CT molecular complexity index is 615. The van der Waals surface area contributed by atoms with E-state index in [1.54, 1.807) is 30.0 Å². The number of benzene rings is 1. The standard InChI is InChI=1S/C15H15NO4S/c1-21-9-4-2-3-8(7-9)16-14(17)12-10-5-6-11(20-10)13(12)15(18)19/h2-7,10-13H,1H3,(H,16,17)(H,18,19)/t10-,11+,12+,13-/m0/s1. The van der Waals surface area contributed by atoms with Crippen LogP contribution in [-0.4, -0.2) is 35.4 Å². The molecule has 0 spiro atoms. The van der Waals surface area contributed by atoms with Gasteiger partial charge in [-0.3, -0.25) is 9.59 Å². The topological polar surface area (TPSA) is 75.6 Å². The number of hydrogen-bond acceptors (Lipinski definition) is 4. The van der Waals surface area contributed by atoms with Gasteiger partial charge in [0.2, 0.25) is 5.91 Å². The van der Waals surface area contributed by atoms with Gasteiger partial charge in [-0.25, -0.2) is 0 Å². The van der Waals surface area contributed by atoms with Gasteiger partial charge in [-0.15, -0.1) is 11.8 Å². The minimum Gasteiger partial charge on any atom is -0.481 e. The van der Waals surface area contributed by atoms with E-state index in [0.29, 0.717) is 5.69 Å². The third-order valence-electron chi connectivity index (χ3n) is 3.82. The highest BCUT2D eigenvalue weighted by Gasteiger charge is 2.53. The molecule has 0 saturated carbocycles. The Morgan fingerprint density at radius 2 is 1.95 bits per heavy atom. The van der Waals surface area contributed by atoms with E-state index >= 15 is 0 Å². The van der Waals surface area contributed by atoms with Crippen LogP contribution in [0.1, 0.15) is 0 Å². The first kappa shape index (κ1) is 14.2. The fourth-order valence-corrected chi connectivity index (χ4v) is 3.30. The molecule has 1 aromatic carbocycles. The van der Waals surface area contributed by atoms with Gasteiger partial charge in [-0.05, 0) is 24.5 Å². The number of carbonyl (C=O) groups excluding carboxylic acids is 1. The van der Waals surface area contributed by atoms with Gasteiger partial charge in [0.1, 0.15) is 5.92 Å². The van der Waals surface area contributed by atoms with Crippen LogP contribution >= 0.6 is 11.8 Å². The number of rotatable bonds is 4. The second-order valence-electron chi connectivity index (χ2n) is 5.06. The first-order chi connectivity index (χ1) is 10.1. The Balaban J connectivity index is 1.78. The summed E-state index contributed by atoms with van der Waals surface area (Å²) in [6, 6.07) is 7.45. The second kappa shape index (κ2) is 5.54. The molecular weight excluding hydrogens is 290 g/mol. The summed E-state index contributed by atoms with van der Waals surface area (Å²) >= 11 is 1.58. The Morgan fingerprint density at radius 1 is 1.24 bits per heavy atom. The summed E-state index contributed by atoms with van der Waals surface area (Å²) in [6.45, 7) is 0. The molecule has 2 N–H and O–H groups in total. The molecule has 6 heteroatoms. The number of hydrogen-bond donors (Lipinski definition) is 2. The van der Waals surface area contributed by atoms with Gasteiger partial charge in [0, 0.05) is 10.6 Å². The van der Waals surface area contributed by atoms with E-state index in [-0.39, 0.29) is 5.91 Å². The van der Waals surface area contributed by atoms with Crippen LogP contribution < -0.4 is 5.32 Å². The van der Waals surface area contributed by atoms with Crippen molar-refractivity contribution in [2.24, 2.45) is 11.8 Å². The number of nitrogens with one attached hydrogen (secondary N) is 1. The molecule has 2 heterocycles. The van der Waals surface area contributed by atoms with Crippen molar-refractivity contribution < 1.29 is 19.4 Å². The van der Waals surface area contributed by atoms with E-state index in [9.17, 15) is 14.7 Å². The average Bonchev–Trinajstić information content (AvgIpc) is 3.07. The summed E-state index contributed by atoms with van der Waals surface area (Å²) in [5.74, 6) is -2.80.